The minimum atomic E-state index is -0.0414. The largest absolute Gasteiger partial charge is 0.396 e. The van der Waals surface area contributed by atoms with Gasteiger partial charge in [-0.2, -0.15) is 5.10 Å². The number of nitrogens with zero attached hydrogens (tertiary/aromatic N) is 2. The van der Waals surface area contributed by atoms with Gasteiger partial charge in [0.05, 0.1) is 12.2 Å². The minimum absolute atomic E-state index is 0.0414. The van der Waals surface area contributed by atoms with E-state index in [0.29, 0.717) is 19.4 Å². The van der Waals surface area contributed by atoms with Crippen LogP contribution in [-0.2, 0) is 18.4 Å². The number of amides is 1. The molecule has 5 nitrogen and oxygen atoms in total. The van der Waals surface area contributed by atoms with Crippen molar-refractivity contribution in [2.45, 2.75) is 19.4 Å². The molecular formula is C9H15N3O2. The molecule has 0 unspecified atom stereocenters. The molecule has 0 atom stereocenters. The third-order valence-electron chi connectivity index (χ3n) is 1.95. The maximum absolute atomic E-state index is 11.2. The minimum Gasteiger partial charge on any atom is -0.396 e. The first-order valence-electron chi connectivity index (χ1n) is 4.58. The van der Waals surface area contributed by atoms with Gasteiger partial charge in [-0.15, -0.1) is 0 Å². The number of rotatable bonds is 5. The van der Waals surface area contributed by atoms with Gasteiger partial charge in [0.2, 0.25) is 5.91 Å². The predicted molar refractivity (Wildman–Crippen MR) is 51.4 cm³/mol. The molecule has 0 aromatic carbocycles. The lowest BCUT2D eigenvalue weighted by atomic mass is 10.3. The average molecular weight is 197 g/mol. The van der Waals surface area contributed by atoms with Gasteiger partial charge in [0.15, 0.2) is 0 Å². The van der Waals surface area contributed by atoms with Crippen LogP contribution in [0.2, 0.25) is 0 Å². The zero-order valence-electron chi connectivity index (χ0n) is 8.23. The Hall–Kier alpha value is -1.36. The van der Waals surface area contributed by atoms with E-state index in [1.54, 1.807) is 10.9 Å². The Morgan fingerprint density at radius 2 is 2.50 bits per heavy atom. The van der Waals surface area contributed by atoms with Crippen LogP contribution in [0.15, 0.2) is 12.3 Å². The summed E-state index contributed by atoms with van der Waals surface area (Å²) < 4.78 is 1.71. The standard InChI is InChI=1S/C9H15N3O2/c1-12-8(4-5-11-12)7-10-9(14)3-2-6-13/h4-5,13H,2-3,6-7H2,1H3,(H,10,14). The van der Waals surface area contributed by atoms with Crippen LogP contribution < -0.4 is 5.32 Å². The van der Waals surface area contributed by atoms with Crippen LogP contribution in [-0.4, -0.2) is 27.4 Å². The van der Waals surface area contributed by atoms with Crippen molar-refractivity contribution in [3.8, 4) is 0 Å². The number of carbonyl (C=O) groups excluding carboxylic acids is 1. The molecule has 0 saturated heterocycles. The molecule has 0 spiro atoms. The van der Waals surface area contributed by atoms with Gasteiger partial charge >= 0.3 is 0 Å². The summed E-state index contributed by atoms with van der Waals surface area (Å²) in [6, 6.07) is 1.85. The van der Waals surface area contributed by atoms with E-state index >= 15 is 0 Å². The fourth-order valence-electron chi connectivity index (χ4n) is 1.09. The van der Waals surface area contributed by atoms with Gasteiger partial charge in [0, 0.05) is 26.3 Å². The van der Waals surface area contributed by atoms with Crippen molar-refractivity contribution < 1.29 is 9.90 Å². The van der Waals surface area contributed by atoms with E-state index in [9.17, 15) is 4.79 Å². The molecule has 0 aliphatic carbocycles. The number of carbonyl (C=O) groups is 1. The van der Waals surface area contributed by atoms with E-state index in [1.807, 2.05) is 13.1 Å². The van der Waals surface area contributed by atoms with Gasteiger partial charge in [-0.1, -0.05) is 0 Å². The quantitative estimate of drug-likeness (QED) is 0.687. The fraction of sp³-hybridized carbons (Fsp3) is 0.556. The van der Waals surface area contributed by atoms with Crippen molar-refractivity contribution in [3.63, 3.8) is 0 Å². The Balaban J connectivity index is 2.27. The molecule has 0 fully saturated rings. The Bertz CT molecular complexity index is 296. The second-order valence-corrected chi connectivity index (χ2v) is 3.05. The Morgan fingerprint density at radius 1 is 1.71 bits per heavy atom. The number of nitrogens with one attached hydrogen (secondary N) is 1. The summed E-state index contributed by atoms with van der Waals surface area (Å²) in [6.07, 6.45) is 2.57. The molecule has 5 heteroatoms. The summed E-state index contributed by atoms with van der Waals surface area (Å²) in [4.78, 5) is 11.2. The lowest BCUT2D eigenvalue weighted by Gasteiger charge is -2.04. The van der Waals surface area contributed by atoms with Crippen LogP contribution in [0.1, 0.15) is 18.5 Å². The molecule has 1 heterocycles. The first-order valence-corrected chi connectivity index (χ1v) is 4.58. The van der Waals surface area contributed by atoms with Crippen LogP contribution in [0.25, 0.3) is 0 Å². The van der Waals surface area contributed by atoms with Gasteiger partial charge in [0.25, 0.3) is 0 Å². The first-order chi connectivity index (χ1) is 6.74. The number of aliphatic hydroxyl groups is 1. The summed E-state index contributed by atoms with van der Waals surface area (Å²) in [5.74, 6) is -0.0414. The molecule has 78 valence electrons. The highest BCUT2D eigenvalue weighted by Gasteiger charge is 2.02. The molecule has 1 amide bonds. The first kappa shape index (κ1) is 10.7. The number of aryl methyl sites for hydroxylation is 1. The molecule has 0 bridgehead atoms. The molecular weight excluding hydrogens is 182 g/mol. The van der Waals surface area contributed by atoms with E-state index in [1.165, 1.54) is 0 Å². The Morgan fingerprint density at radius 3 is 3.07 bits per heavy atom. The smallest absolute Gasteiger partial charge is 0.220 e. The number of aliphatic hydroxyl groups excluding tert-OH is 1. The summed E-state index contributed by atoms with van der Waals surface area (Å²) in [6.45, 7) is 0.542. The average Bonchev–Trinajstić information content (AvgIpc) is 2.58. The number of hydrogen-bond donors (Lipinski definition) is 2. The lowest BCUT2D eigenvalue weighted by molar-refractivity contribution is -0.121. The second-order valence-electron chi connectivity index (χ2n) is 3.05. The van der Waals surface area contributed by atoms with E-state index in [2.05, 4.69) is 10.4 Å². The summed E-state index contributed by atoms with van der Waals surface area (Å²) in [7, 11) is 1.83. The third kappa shape index (κ3) is 3.18. The van der Waals surface area contributed by atoms with Gasteiger partial charge in [-0.25, -0.2) is 0 Å². The van der Waals surface area contributed by atoms with Gasteiger partial charge < -0.3 is 10.4 Å². The zero-order chi connectivity index (χ0) is 10.4. The summed E-state index contributed by atoms with van der Waals surface area (Å²) in [5, 5.41) is 15.2. The second kappa shape index (κ2) is 5.39. The molecule has 0 aliphatic rings. The molecule has 1 aromatic heterocycles. The highest BCUT2D eigenvalue weighted by Crippen LogP contribution is 1.95. The Kier molecular flexibility index (Phi) is 4.12. The van der Waals surface area contributed by atoms with E-state index < -0.39 is 0 Å². The van der Waals surface area contributed by atoms with Gasteiger partial charge in [-0.05, 0) is 12.5 Å². The van der Waals surface area contributed by atoms with E-state index in [-0.39, 0.29) is 12.5 Å². The van der Waals surface area contributed by atoms with Crippen LogP contribution >= 0.6 is 0 Å². The van der Waals surface area contributed by atoms with Crippen molar-refractivity contribution >= 4 is 5.91 Å². The van der Waals surface area contributed by atoms with Gasteiger partial charge in [-0.3, -0.25) is 9.48 Å². The molecule has 0 saturated carbocycles. The van der Waals surface area contributed by atoms with Crippen molar-refractivity contribution in [1.29, 1.82) is 0 Å². The van der Waals surface area contributed by atoms with Crippen LogP contribution in [0.4, 0.5) is 0 Å². The maximum Gasteiger partial charge on any atom is 0.220 e. The van der Waals surface area contributed by atoms with Crippen molar-refractivity contribution in [2.75, 3.05) is 6.61 Å². The van der Waals surface area contributed by atoms with Crippen molar-refractivity contribution in [1.82, 2.24) is 15.1 Å². The molecule has 1 rings (SSSR count). The molecule has 14 heavy (non-hydrogen) atoms. The third-order valence-corrected chi connectivity index (χ3v) is 1.95. The molecule has 2 N–H and O–H groups in total. The summed E-state index contributed by atoms with van der Waals surface area (Å²) >= 11 is 0. The van der Waals surface area contributed by atoms with Crippen LogP contribution in [0.3, 0.4) is 0 Å². The SMILES string of the molecule is Cn1nccc1CNC(=O)CCCO. The molecule has 0 radical (unpaired) electrons. The lowest BCUT2D eigenvalue weighted by Crippen LogP contribution is -2.23. The Labute approximate surface area is 82.7 Å². The van der Waals surface area contributed by atoms with Gasteiger partial charge in [0.1, 0.15) is 0 Å². The topological polar surface area (TPSA) is 67.2 Å². The maximum atomic E-state index is 11.2. The fourth-order valence-corrected chi connectivity index (χ4v) is 1.09. The summed E-state index contributed by atoms with van der Waals surface area (Å²) in [5.41, 5.74) is 0.961. The zero-order valence-corrected chi connectivity index (χ0v) is 8.23. The molecule has 1 aromatic rings. The predicted octanol–water partition coefficient (Wildman–Crippen LogP) is -0.191. The van der Waals surface area contributed by atoms with Crippen LogP contribution in [0, 0.1) is 0 Å². The van der Waals surface area contributed by atoms with Crippen molar-refractivity contribution in [3.05, 3.63) is 18.0 Å². The normalized spacial score (nSPS) is 10.1. The highest BCUT2D eigenvalue weighted by molar-refractivity contribution is 5.75. The van der Waals surface area contributed by atoms with Crippen molar-refractivity contribution in [2.24, 2.45) is 7.05 Å². The molecule has 0 aliphatic heterocycles. The number of hydrogen-bond acceptors (Lipinski definition) is 3. The van der Waals surface area contributed by atoms with E-state index in [0.717, 1.165) is 5.69 Å². The van der Waals surface area contributed by atoms with Crippen LogP contribution in [0.5, 0.6) is 0 Å². The van der Waals surface area contributed by atoms with E-state index in [4.69, 9.17) is 5.11 Å². The highest BCUT2D eigenvalue weighted by atomic mass is 16.3. The monoisotopic (exact) mass is 197 g/mol. The number of aromatic nitrogens is 2.